The van der Waals surface area contributed by atoms with Crippen LogP contribution in [0.1, 0.15) is 15.9 Å². The quantitative estimate of drug-likeness (QED) is 0.589. The van der Waals surface area contributed by atoms with Gasteiger partial charge in [-0.2, -0.15) is 13.2 Å². The highest BCUT2D eigenvalue weighted by Crippen LogP contribution is 2.33. The SMILES string of the molecule is C=CC(=O)c1ccc(C(F)(F)F)cc1OC. The fourth-order valence-electron chi connectivity index (χ4n) is 1.18. The highest BCUT2D eigenvalue weighted by molar-refractivity contribution is 6.06. The summed E-state index contributed by atoms with van der Waals surface area (Å²) in [4.78, 5) is 11.3. The number of halogens is 3. The number of ketones is 1. The van der Waals surface area contributed by atoms with Gasteiger partial charge in [-0.15, -0.1) is 0 Å². The third-order valence-electron chi connectivity index (χ3n) is 1.98. The largest absolute Gasteiger partial charge is 0.496 e. The Hall–Kier alpha value is -1.78. The molecule has 0 atom stereocenters. The van der Waals surface area contributed by atoms with E-state index in [1.807, 2.05) is 0 Å². The Kier molecular flexibility index (Phi) is 3.37. The van der Waals surface area contributed by atoms with Gasteiger partial charge in [0, 0.05) is 0 Å². The molecule has 0 saturated carbocycles. The van der Waals surface area contributed by atoms with Crippen LogP contribution >= 0.6 is 0 Å². The molecule has 0 bridgehead atoms. The van der Waals surface area contributed by atoms with Crippen LogP contribution in [-0.2, 0) is 6.18 Å². The third kappa shape index (κ3) is 2.42. The molecule has 1 rings (SSSR count). The molecule has 5 heteroatoms. The van der Waals surface area contributed by atoms with E-state index in [2.05, 4.69) is 6.58 Å². The molecular weight excluding hydrogens is 221 g/mol. The number of hydrogen-bond acceptors (Lipinski definition) is 2. The maximum atomic E-state index is 12.4. The zero-order chi connectivity index (χ0) is 12.3. The van der Waals surface area contributed by atoms with Gasteiger partial charge in [-0.3, -0.25) is 4.79 Å². The number of alkyl halides is 3. The first kappa shape index (κ1) is 12.3. The summed E-state index contributed by atoms with van der Waals surface area (Å²) in [6, 6.07) is 2.70. The number of allylic oxidation sites excluding steroid dienone is 1. The van der Waals surface area contributed by atoms with Crippen LogP contribution in [0.3, 0.4) is 0 Å². The summed E-state index contributed by atoms with van der Waals surface area (Å²) in [6.07, 6.45) is -3.44. The van der Waals surface area contributed by atoms with Crippen molar-refractivity contribution < 1.29 is 22.7 Å². The Labute approximate surface area is 90.3 Å². The molecule has 1 aromatic rings. The van der Waals surface area contributed by atoms with Crippen LogP contribution < -0.4 is 4.74 Å². The molecule has 0 heterocycles. The summed E-state index contributed by atoms with van der Waals surface area (Å²) < 4.78 is 41.8. The van der Waals surface area contributed by atoms with E-state index in [9.17, 15) is 18.0 Å². The molecule has 0 radical (unpaired) electrons. The fourth-order valence-corrected chi connectivity index (χ4v) is 1.18. The minimum atomic E-state index is -4.46. The average Bonchev–Trinajstić information content (AvgIpc) is 2.26. The Bertz CT molecular complexity index is 422. The lowest BCUT2D eigenvalue weighted by Crippen LogP contribution is -2.07. The lowest BCUT2D eigenvalue weighted by atomic mass is 10.1. The molecular formula is C11H9F3O2. The van der Waals surface area contributed by atoms with Crippen molar-refractivity contribution in [2.24, 2.45) is 0 Å². The number of ether oxygens (including phenoxy) is 1. The highest BCUT2D eigenvalue weighted by Gasteiger charge is 2.31. The van der Waals surface area contributed by atoms with Crippen molar-refractivity contribution in [1.29, 1.82) is 0 Å². The van der Waals surface area contributed by atoms with Crippen molar-refractivity contribution in [1.82, 2.24) is 0 Å². The van der Waals surface area contributed by atoms with Crippen molar-refractivity contribution in [2.75, 3.05) is 7.11 Å². The summed E-state index contributed by atoms with van der Waals surface area (Å²) in [5.41, 5.74) is -0.796. The van der Waals surface area contributed by atoms with Gasteiger partial charge in [-0.05, 0) is 24.3 Å². The molecule has 2 nitrogen and oxygen atoms in total. The van der Waals surface area contributed by atoms with Crippen molar-refractivity contribution in [3.05, 3.63) is 42.0 Å². The highest BCUT2D eigenvalue weighted by atomic mass is 19.4. The van der Waals surface area contributed by atoms with Crippen molar-refractivity contribution in [3.63, 3.8) is 0 Å². The van der Waals surface area contributed by atoms with Crippen LogP contribution in [-0.4, -0.2) is 12.9 Å². The Balaban J connectivity index is 3.27. The summed E-state index contributed by atoms with van der Waals surface area (Å²) in [5.74, 6) is -0.592. The Morgan fingerprint density at radius 2 is 2.06 bits per heavy atom. The van der Waals surface area contributed by atoms with Crippen LogP contribution in [0.2, 0.25) is 0 Å². The predicted octanol–water partition coefficient (Wildman–Crippen LogP) is 3.08. The maximum absolute atomic E-state index is 12.4. The Morgan fingerprint density at radius 3 is 2.50 bits per heavy atom. The summed E-state index contributed by atoms with van der Waals surface area (Å²) in [5, 5.41) is 0. The van der Waals surface area contributed by atoms with E-state index in [0.717, 1.165) is 24.3 Å². The number of methoxy groups -OCH3 is 1. The average molecular weight is 230 g/mol. The number of rotatable bonds is 3. The smallest absolute Gasteiger partial charge is 0.416 e. The second-order valence-electron chi connectivity index (χ2n) is 2.98. The molecule has 0 aliphatic heterocycles. The first-order valence-corrected chi connectivity index (χ1v) is 4.32. The minimum Gasteiger partial charge on any atom is -0.496 e. The van der Waals surface area contributed by atoms with E-state index in [0.29, 0.717) is 0 Å². The molecule has 1 aromatic carbocycles. The maximum Gasteiger partial charge on any atom is 0.416 e. The summed E-state index contributed by atoms with van der Waals surface area (Å²) in [7, 11) is 1.20. The Morgan fingerprint density at radius 1 is 1.44 bits per heavy atom. The lowest BCUT2D eigenvalue weighted by Gasteiger charge is -2.10. The van der Waals surface area contributed by atoms with Gasteiger partial charge in [-0.25, -0.2) is 0 Å². The molecule has 0 aliphatic carbocycles. The van der Waals surface area contributed by atoms with Crippen LogP contribution in [0.4, 0.5) is 13.2 Å². The van der Waals surface area contributed by atoms with Gasteiger partial charge in [0.1, 0.15) is 5.75 Å². The molecule has 0 amide bonds. The molecule has 0 unspecified atom stereocenters. The third-order valence-corrected chi connectivity index (χ3v) is 1.98. The van der Waals surface area contributed by atoms with E-state index in [1.165, 1.54) is 7.11 Å². The van der Waals surface area contributed by atoms with Crippen LogP contribution in [0.25, 0.3) is 0 Å². The number of carbonyl (C=O) groups is 1. The van der Waals surface area contributed by atoms with Crippen molar-refractivity contribution in [2.45, 2.75) is 6.18 Å². The summed E-state index contributed by atoms with van der Waals surface area (Å²) >= 11 is 0. The van der Waals surface area contributed by atoms with E-state index >= 15 is 0 Å². The molecule has 0 N–H and O–H groups in total. The van der Waals surface area contributed by atoms with Gasteiger partial charge in [0.15, 0.2) is 5.78 Å². The topological polar surface area (TPSA) is 26.3 Å². The zero-order valence-corrected chi connectivity index (χ0v) is 8.47. The van der Waals surface area contributed by atoms with Crippen LogP contribution in [0, 0.1) is 0 Å². The van der Waals surface area contributed by atoms with E-state index in [1.54, 1.807) is 0 Å². The fraction of sp³-hybridized carbons (Fsp3) is 0.182. The second kappa shape index (κ2) is 4.38. The first-order chi connectivity index (χ1) is 7.40. The molecule has 0 fully saturated rings. The second-order valence-corrected chi connectivity index (χ2v) is 2.98. The van der Waals surface area contributed by atoms with Gasteiger partial charge in [0.05, 0.1) is 18.2 Å². The lowest BCUT2D eigenvalue weighted by molar-refractivity contribution is -0.137. The molecule has 16 heavy (non-hydrogen) atoms. The zero-order valence-electron chi connectivity index (χ0n) is 8.47. The van der Waals surface area contributed by atoms with Gasteiger partial charge in [0.2, 0.25) is 0 Å². The first-order valence-electron chi connectivity index (χ1n) is 4.32. The van der Waals surface area contributed by atoms with E-state index < -0.39 is 17.5 Å². The number of hydrogen-bond donors (Lipinski definition) is 0. The van der Waals surface area contributed by atoms with Crippen molar-refractivity contribution in [3.8, 4) is 5.75 Å². The minimum absolute atomic E-state index is 0.0606. The number of benzene rings is 1. The normalized spacial score (nSPS) is 11.0. The van der Waals surface area contributed by atoms with Crippen LogP contribution in [0.15, 0.2) is 30.9 Å². The predicted molar refractivity (Wildman–Crippen MR) is 52.5 cm³/mol. The van der Waals surface area contributed by atoms with Gasteiger partial charge >= 0.3 is 6.18 Å². The van der Waals surface area contributed by atoms with Gasteiger partial charge < -0.3 is 4.74 Å². The summed E-state index contributed by atoms with van der Waals surface area (Å²) in [6.45, 7) is 3.26. The van der Waals surface area contributed by atoms with E-state index in [-0.39, 0.29) is 11.3 Å². The van der Waals surface area contributed by atoms with Gasteiger partial charge in [0.25, 0.3) is 0 Å². The number of carbonyl (C=O) groups excluding carboxylic acids is 1. The van der Waals surface area contributed by atoms with Crippen molar-refractivity contribution >= 4 is 5.78 Å². The van der Waals surface area contributed by atoms with E-state index in [4.69, 9.17) is 4.74 Å². The molecule has 0 spiro atoms. The molecule has 0 aliphatic rings. The van der Waals surface area contributed by atoms with Gasteiger partial charge in [-0.1, -0.05) is 6.58 Å². The molecule has 86 valence electrons. The monoisotopic (exact) mass is 230 g/mol. The molecule has 0 aromatic heterocycles. The standard InChI is InChI=1S/C11H9F3O2/c1-3-9(15)8-5-4-7(11(12,13)14)6-10(8)16-2/h3-6H,1H2,2H3. The molecule has 0 saturated heterocycles. The van der Waals surface area contributed by atoms with Crippen LogP contribution in [0.5, 0.6) is 5.75 Å².